The van der Waals surface area contributed by atoms with E-state index in [-0.39, 0.29) is 17.0 Å². The van der Waals surface area contributed by atoms with Gasteiger partial charge in [0.2, 0.25) is 10.0 Å². The molecule has 1 N–H and O–H groups in total. The van der Waals surface area contributed by atoms with E-state index >= 15 is 0 Å². The summed E-state index contributed by atoms with van der Waals surface area (Å²) in [6.07, 6.45) is 8.65. The molecule has 3 aromatic heterocycles. The summed E-state index contributed by atoms with van der Waals surface area (Å²) in [5, 5.41) is 1.02. The summed E-state index contributed by atoms with van der Waals surface area (Å²) in [6, 6.07) is 5.88. The molecule has 2 atom stereocenters. The van der Waals surface area contributed by atoms with Crippen LogP contribution < -0.4 is 9.80 Å². The van der Waals surface area contributed by atoms with Crippen molar-refractivity contribution in [2.24, 2.45) is 0 Å². The molecule has 5 heterocycles. The molecule has 0 bridgehead atoms. The number of sulfonamides is 1. The molecule has 9 nitrogen and oxygen atoms in total. The van der Waals surface area contributed by atoms with Gasteiger partial charge < -0.3 is 14.8 Å². The van der Waals surface area contributed by atoms with Crippen molar-refractivity contribution in [3.8, 4) is 0 Å². The number of hydrogen-bond acceptors (Lipinski definition) is 7. The van der Waals surface area contributed by atoms with E-state index in [1.165, 1.54) is 6.20 Å². The second-order valence-electron chi connectivity index (χ2n) is 8.61. The lowest BCUT2D eigenvalue weighted by molar-refractivity contribution is 0.379. The highest BCUT2D eigenvalue weighted by atomic mass is 32.2. The Morgan fingerprint density at radius 3 is 2.81 bits per heavy atom. The fourth-order valence-electron chi connectivity index (χ4n) is 4.95. The molecule has 10 heteroatoms. The van der Waals surface area contributed by atoms with E-state index in [9.17, 15) is 8.42 Å². The topological polar surface area (TPSA) is 98.3 Å². The zero-order valence-electron chi connectivity index (χ0n) is 18.5. The van der Waals surface area contributed by atoms with Crippen LogP contribution in [0.4, 0.5) is 11.6 Å². The molecule has 0 aromatic carbocycles. The Balaban J connectivity index is 1.30. The van der Waals surface area contributed by atoms with Crippen LogP contribution in [0.15, 0.2) is 41.8 Å². The molecule has 2 aliphatic heterocycles. The van der Waals surface area contributed by atoms with Crippen molar-refractivity contribution >= 4 is 32.7 Å². The monoisotopic (exact) mass is 455 g/mol. The second-order valence-corrected chi connectivity index (χ2v) is 10.5. The minimum absolute atomic E-state index is 0.0973. The number of anilines is 2. The lowest BCUT2D eigenvalue weighted by atomic mass is 10.2. The lowest BCUT2D eigenvalue weighted by Crippen LogP contribution is -2.36. The van der Waals surface area contributed by atoms with Crippen LogP contribution in [-0.4, -0.2) is 71.4 Å². The summed E-state index contributed by atoms with van der Waals surface area (Å²) in [5.41, 5.74) is 0.841. The summed E-state index contributed by atoms with van der Waals surface area (Å²) in [4.78, 5) is 21.1. The maximum Gasteiger partial charge on any atom is 0.244 e. The number of likely N-dealkylation sites (N-methyl/N-ethyl adjacent to an activating group) is 1. The minimum Gasteiger partial charge on any atom is -0.355 e. The molecular formula is C22H29N7O2S. The van der Waals surface area contributed by atoms with Crippen LogP contribution in [0.1, 0.15) is 32.6 Å². The van der Waals surface area contributed by atoms with E-state index < -0.39 is 10.0 Å². The fourth-order valence-corrected chi connectivity index (χ4v) is 6.66. The maximum atomic E-state index is 13.1. The van der Waals surface area contributed by atoms with Gasteiger partial charge in [0.1, 0.15) is 28.5 Å². The van der Waals surface area contributed by atoms with Crippen LogP contribution in [0, 0.1) is 0 Å². The van der Waals surface area contributed by atoms with Crippen LogP contribution in [0.25, 0.3) is 11.0 Å². The molecule has 0 aliphatic carbocycles. The molecule has 3 aromatic rings. The third kappa shape index (κ3) is 3.61. The Labute approximate surface area is 188 Å². The molecule has 2 aliphatic rings. The van der Waals surface area contributed by atoms with Crippen molar-refractivity contribution < 1.29 is 8.42 Å². The summed E-state index contributed by atoms with van der Waals surface area (Å²) in [5.74, 6) is 1.72. The highest BCUT2D eigenvalue weighted by molar-refractivity contribution is 7.89. The number of hydrogen-bond donors (Lipinski definition) is 1. The fraction of sp³-hybridized carbons (Fsp3) is 0.500. The van der Waals surface area contributed by atoms with Gasteiger partial charge in [0.05, 0.1) is 5.39 Å². The minimum atomic E-state index is -3.49. The number of pyridine rings is 1. The molecule has 5 rings (SSSR count). The molecule has 0 radical (unpaired) electrons. The first-order valence-corrected chi connectivity index (χ1v) is 12.7. The molecule has 0 saturated carbocycles. The molecule has 2 saturated heterocycles. The first-order valence-electron chi connectivity index (χ1n) is 11.2. The number of rotatable bonds is 6. The lowest BCUT2D eigenvalue weighted by Gasteiger charge is -2.27. The van der Waals surface area contributed by atoms with Gasteiger partial charge in [0.25, 0.3) is 0 Å². The van der Waals surface area contributed by atoms with Gasteiger partial charge in [0, 0.05) is 51.2 Å². The van der Waals surface area contributed by atoms with Gasteiger partial charge in [-0.15, -0.1) is 0 Å². The van der Waals surface area contributed by atoms with Crippen molar-refractivity contribution in [1.82, 2.24) is 24.2 Å². The number of aromatic nitrogens is 4. The van der Waals surface area contributed by atoms with Crippen LogP contribution in [0.3, 0.4) is 0 Å². The van der Waals surface area contributed by atoms with Gasteiger partial charge in [-0.1, -0.05) is 6.92 Å². The van der Waals surface area contributed by atoms with Gasteiger partial charge in [-0.25, -0.2) is 23.4 Å². The van der Waals surface area contributed by atoms with E-state index in [2.05, 4.69) is 29.7 Å². The quantitative estimate of drug-likeness (QED) is 0.610. The van der Waals surface area contributed by atoms with E-state index in [1.54, 1.807) is 16.7 Å². The zero-order chi connectivity index (χ0) is 22.3. The highest BCUT2D eigenvalue weighted by Gasteiger charge is 2.34. The van der Waals surface area contributed by atoms with Gasteiger partial charge >= 0.3 is 0 Å². The molecule has 32 heavy (non-hydrogen) atoms. The van der Waals surface area contributed by atoms with Crippen molar-refractivity contribution in [3.05, 3.63) is 36.9 Å². The number of nitrogens with zero attached hydrogens (tertiary/aromatic N) is 6. The van der Waals surface area contributed by atoms with Gasteiger partial charge in [-0.3, -0.25) is 0 Å². The van der Waals surface area contributed by atoms with Gasteiger partial charge in [-0.05, 0) is 43.9 Å². The largest absolute Gasteiger partial charge is 0.355 e. The number of H-pyrrole nitrogens is 1. The first-order chi connectivity index (χ1) is 15.5. The van der Waals surface area contributed by atoms with Crippen LogP contribution >= 0.6 is 0 Å². The molecule has 0 amide bonds. The zero-order valence-corrected chi connectivity index (χ0v) is 19.3. The molecule has 170 valence electrons. The molecule has 0 spiro atoms. The Kier molecular flexibility index (Phi) is 5.50. The molecule has 2 fully saturated rings. The predicted octanol–water partition coefficient (Wildman–Crippen LogP) is 2.63. The Morgan fingerprint density at radius 1 is 1.16 bits per heavy atom. The van der Waals surface area contributed by atoms with Crippen molar-refractivity contribution in [3.63, 3.8) is 0 Å². The Hall–Kier alpha value is -2.72. The summed E-state index contributed by atoms with van der Waals surface area (Å²) >= 11 is 0. The van der Waals surface area contributed by atoms with Crippen LogP contribution in [0.5, 0.6) is 0 Å². The van der Waals surface area contributed by atoms with Crippen molar-refractivity contribution in [2.45, 2.75) is 49.6 Å². The third-order valence-corrected chi connectivity index (χ3v) is 8.76. The van der Waals surface area contributed by atoms with Gasteiger partial charge in [0.15, 0.2) is 0 Å². The van der Waals surface area contributed by atoms with E-state index in [0.29, 0.717) is 6.54 Å². The Bertz CT molecular complexity index is 1190. The normalized spacial score (nSPS) is 22.1. The summed E-state index contributed by atoms with van der Waals surface area (Å²) in [7, 11) is -1.48. The maximum absolute atomic E-state index is 13.1. The molecular weight excluding hydrogens is 426 g/mol. The smallest absolute Gasteiger partial charge is 0.244 e. The van der Waals surface area contributed by atoms with E-state index in [4.69, 9.17) is 0 Å². The predicted molar refractivity (Wildman–Crippen MR) is 124 cm³/mol. The second kappa shape index (κ2) is 8.32. The Morgan fingerprint density at radius 2 is 2.03 bits per heavy atom. The highest BCUT2D eigenvalue weighted by Crippen LogP contribution is 2.30. The average Bonchev–Trinajstić information content (AvgIpc) is 3.58. The number of nitrogens with one attached hydrogen (secondary N) is 1. The van der Waals surface area contributed by atoms with Gasteiger partial charge in [-0.2, -0.15) is 4.31 Å². The number of aromatic amines is 1. The summed E-state index contributed by atoms with van der Waals surface area (Å²) in [6.45, 7) is 4.35. The first kappa shape index (κ1) is 21.1. The van der Waals surface area contributed by atoms with Crippen molar-refractivity contribution in [2.75, 3.05) is 36.5 Å². The number of fused-ring (bicyclic) bond motifs is 1. The SMILES string of the molecule is CCC1CCCN1S(=O)(=O)c1ccc(N(C)[C@@H]2CCN(c3ncnc4[nH]ccc34)C2)nc1. The van der Waals surface area contributed by atoms with E-state index in [1.807, 2.05) is 32.3 Å². The van der Waals surface area contributed by atoms with E-state index in [0.717, 1.165) is 61.4 Å². The standard InChI is InChI=1S/C22H29N7O2S/c1-3-16-5-4-11-29(16)32(30,31)18-6-7-20(24-13-18)27(2)17-9-12-28(14-17)22-19-8-10-23-21(19)25-15-26-22/h6-8,10,13,15-17H,3-5,9,11-12,14H2,1-2H3,(H,23,25,26)/t16?,17-/m1/s1. The van der Waals surface area contributed by atoms with Crippen molar-refractivity contribution in [1.29, 1.82) is 0 Å². The van der Waals surface area contributed by atoms with Crippen LogP contribution in [0.2, 0.25) is 0 Å². The third-order valence-electron chi connectivity index (χ3n) is 6.83. The average molecular weight is 456 g/mol. The van der Waals surface area contributed by atoms with Crippen LogP contribution in [-0.2, 0) is 10.0 Å². The summed E-state index contributed by atoms with van der Waals surface area (Å²) < 4.78 is 27.8. The molecule has 1 unspecified atom stereocenters.